The zero-order chi connectivity index (χ0) is 23.7. The van der Waals surface area contributed by atoms with Crippen molar-refractivity contribution >= 4 is 73.0 Å². The molecule has 0 N–H and O–H groups in total. The summed E-state index contributed by atoms with van der Waals surface area (Å²) in [6, 6.07) is 6.03. The highest BCUT2D eigenvalue weighted by Gasteiger charge is 2.33. The first-order chi connectivity index (χ1) is 16.5. The van der Waals surface area contributed by atoms with Crippen LogP contribution >= 0.6 is 39.9 Å². The minimum absolute atomic E-state index is 0.00622. The lowest BCUT2D eigenvalue weighted by molar-refractivity contribution is -0.135. The lowest BCUT2D eigenvalue weighted by Gasteiger charge is -2.27. The average Bonchev–Trinajstić information content (AvgIpc) is 3.53. The second kappa shape index (κ2) is 10.5. The molecular weight excluding hydrogens is 534 g/mol. The van der Waals surface area contributed by atoms with Crippen molar-refractivity contribution in [2.24, 2.45) is 5.92 Å². The van der Waals surface area contributed by atoms with Crippen LogP contribution in [0.3, 0.4) is 0 Å². The van der Waals surface area contributed by atoms with Gasteiger partial charge in [-0.2, -0.15) is 0 Å². The Balaban J connectivity index is 1.38. The predicted octanol–water partition coefficient (Wildman–Crippen LogP) is 5.04. The molecule has 1 saturated carbocycles. The molecule has 6 nitrogen and oxygen atoms in total. The quantitative estimate of drug-likeness (QED) is 0.365. The number of morpholine rings is 1. The van der Waals surface area contributed by atoms with Crippen LogP contribution < -0.4 is 0 Å². The molecular formula is C25H28BrN3O3S2. The van der Waals surface area contributed by atoms with Crippen LogP contribution in [0.1, 0.15) is 37.7 Å². The van der Waals surface area contributed by atoms with Crippen LogP contribution in [0.5, 0.6) is 0 Å². The van der Waals surface area contributed by atoms with E-state index < -0.39 is 0 Å². The van der Waals surface area contributed by atoms with E-state index in [0.717, 1.165) is 27.4 Å². The van der Waals surface area contributed by atoms with E-state index >= 15 is 0 Å². The SMILES string of the molecule is O=C(Cn1cc(/C=C2\SC(=S)N(CCC3CCCC3)C2=O)c2cc(Br)ccc21)N1CCOCC1. The topological polar surface area (TPSA) is 54.8 Å². The molecule has 34 heavy (non-hydrogen) atoms. The highest BCUT2D eigenvalue weighted by atomic mass is 79.9. The minimum atomic E-state index is -0.00622. The van der Waals surface area contributed by atoms with Gasteiger partial charge in [0.25, 0.3) is 5.91 Å². The molecule has 0 radical (unpaired) electrons. The first-order valence-corrected chi connectivity index (χ1v) is 13.9. The van der Waals surface area contributed by atoms with E-state index in [2.05, 4.69) is 15.9 Å². The zero-order valence-electron chi connectivity index (χ0n) is 19.0. The van der Waals surface area contributed by atoms with Gasteiger partial charge in [-0.15, -0.1) is 0 Å². The molecule has 9 heteroatoms. The number of benzene rings is 1. The molecule has 180 valence electrons. The van der Waals surface area contributed by atoms with E-state index in [1.807, 2.05) is 39.9 Å². The summed E-state index contributed by atoms with van der Waals surface area (Å²) in [4.78, 5) is 30.3. The Hall–Kier alpha value is -1.68. The largest absolute Gasteiger partial charge is 0.378 e. The highest BCUT2D eigenvalue weighted by Crippen LogP contribution is 2.36. The van der Waals surface area contributed by atoms with Crippen LogP contribution in [-0.2, 0) is 20.9 Å². The van der Waals surface area contributed by atoms with Crippen LogP contribution in [0.25, 0.3) is 17.0 Å². The van der Waals surface area contributed by atoms with Gasteiger partial charge >= 0.3 is 0 Å². The Labute approximate surface area is 217 Å². The maximum absolute atomic E-state index is 13.2. The molecule has 0 unspecified atom stereocenters. The standard InChI is InChI=1S/C25H28BrN3O3S2/c26-19-5-6-21-20(14-19)18(15-28(21)16-23(30)27-9-11-32-12-10-27)13-22-24(31)29(25(33)34-22)8-7-17-3-1-2-4-17/h5-6,13-15,17H,1-4,7-12,16H2/b22-13-. The van der Waals surface area contributed by atoms with Gasteiger partial charge in [0.1, 0.15) is 10.9 Å². The van der Waals surface area contributed by atoms with Crippen molar-refractivity contribution in [2.45, 2.75) is 38.6 Å². The smallest absolute Gasteiger partial charge is 0.266 e. The first-order valence-electron chi connectivity index (χ1n) is 11.9. The predicted molar refractivity (Wildman–Crippen MR) is 143 cm³/mol. The summed E-state index contributed by atoms with van der Waals surface area (Å²) < 4.78 is 8.95. The van der Waals surface area contributed by atoms with E-state index in [0.29, 0.717) is 48.0 Å². The summed E-state index contributed by atoms with van der Waals surface area (Å²) in [6.07, 6.45) is 10.1. The number of hydrogen-bond acceptors (Lipinski definition) is 5. The number of carbonyl (C=O) groups excluding carboxylic acids is 2. The Morgan fingerprint density at radius 1 is 1.24 bits per heavy atom. The molecule has 1 aromatic heterocycles. The molecule has 2 aromatic rings. The number of hydrogen-bond donors (Lipinski definition) is 0. The summed E-state index contributed by atoms with van der Waals surface area (Å²) >= 11 is 10.5. The Bertz CT molecular complexity index is 1150. The fourth-order valence-corrected chi connectivity index (χ4v) is 6.71. The summed E-state index contributed by atoms with van der Waals surface area (Å²) in [5.41, 5.74) is 1.88. The van der Waals surface area contributed by atoms with E-state index in [9.17, 15) is 9.59 Å². The molecule has 3 aliphatic rings. The van der Waals surface area contributed by atoms with Crippen molar-refractivity contribution in [2.75, 3.05) is 32.8 Å². The molecule has 1 aliphatic carbocycles. The van der Waals surface area contributed by atoms with E-state index in [4.69, 9.17) is 17.0 Å². The number of thiocarbonyl (C=S) groups is 1. The normalized spacial score (nSPS) is 20.9. The summed E-state index contributed by atoms with van der Waals surface area (Å²) in [5.74, 6) is 0.786. The number of carbonyl (C=O) groups is 2. The van der Waals surface area contributed by atoms with Crippen LogP contribution in [0.15, 0.2) is 33.8 Å². The number of thioether (sulfide) groups is 1. The fraction of sp³-hybridized carbons (Fsp3) is 0.480. The van der Waals surface area contributed by atoms with E-state index in [1.165, 1.54) is 37.4 Å². The molecule has 3 fully saturated rings. The number of ether oxygens (including phenoxy) is 1. The van der Waals surface area contributed by atoms with E-state index in [1.54, 1.807) is 4.90 Å². The zero-order valence-corrected chi connectivity index (χ0v) is 22.2. The van der Waals surface area contributed by atoms with Gasteiger partial charge in [-0.25, -0.2) is 0 Å². The van der Waals surface area contributed by atoms with Gasteiger partial charge in [-0.1, -0.05) is 65.6 Å². The fourth-order valence-electron chi connectivity index (χ4n) is 5.05. The monoisotopic (exact) mass is 561 g/mol. The summed E-state index contributed by atoms with van der Waals surface area (Å²) in [5, 5.41) is 1.00. The van der Waals surface area contributed by atoms with Gasteiger partial charge < -0.3 is 14.2 Å². The molecule has 0 atom stereocenters. The number of rotatable bonds is 6. The molecule has 2 saturated heterocycles. The van der Waals surface area contributed by atoms with Crippen LogP contribution in [0.2, 0.25) is 0 Å². The Morgan fingerprint density at radius 2 is 2.00 bits per heavy atom. The lowest BCUT2D eigenvalue weighted by Crippen LogP contribution is -2.42. The minimum Gasteiger partial charge on any atom is -0.378 e. The van der Waals surface area contributed by atoms with Crippen molar-refractivity contribution in [3.8, 4) is 0 Å². The maximum Gasteiger partial charge on any atom is 0.266 e. The third kappa shape index (κ3) is 5.12. The van der Waals surface area contributed by atoms with Crippen LogP contribution in [0.4, 0.5) is 0 Å². The van der Waals surface area contributed by atoms with Crippen molar-refractivity contribution < 1.29 is 14.3 Å². The second-order valence-electron chi connectivity index (χ2n) is 9.14. The Kier molecular flexibility index (Phi) is 7.44. The second-order valence-corrected chi connectivity index (χ2v) is 11.7. The van der Waals surface area contributed by atoms with Crippen LogP contribution in [0, 0.1) is 5.92 Å². The van der Waals surface area contributed by atoms with Gasteiger partial charge in [0, 0.05) is 46.8 Å². The van der Waals surface area contributed by atoms with Crippen LogP contribution in [-0.4, -0.2) is 63.3 Å². The number of aromatic nitrogens is 1. The molecule has 5 rings (SSSR count). The number of amides is 2. The first kappa shape index (κ1) is 24.0. The lowest BCUT2D eigenvalue weighted by atomic mass is 10.0. The summed E-state index contributed by atoms with van der Waals surface area (Å²) in [6.45, 7) is 3.37. The van der Waals surface area contributed by atoms with Gasteiger partial charge in [0.05, 0.1) is 18.1 Å². The van der Waals surface area contributed by atoms with Gasteiger partial charge in [-0.3, -0.25) is 14.5 Å². The van der Waals surface area contributed by atoms with Gasteiger partial charge in [0.2, 0.25) is 5.91 Å². The molecule has 2 aliphatic heterocycles. The number of nitrogens with zero attached hydrogens (tertiary/aromatic N) is 3. The molecule has 3 heterocycles. The molecule has 0 bridgehead atoms. The Morgan fingerprint density at radius 3 is 2.76 bits per heavy atom. The maximum atomic E-state index is 13.2. The van der Waals surface area contributed by atoms with Crippen molar-refractivity contribution in [1.29, 1.82) is 0 Å². The van der Waals surface area contributed by atoms with Gasteiger partial charge in [0.15, 0.2) is 0 Å². The third-order valence-electron chi connectivity index (χ3n) is 6.94. The third-order valence-corrected chi connectivity index (χ3v) is 8.81. The summed E-state index contributed by atoms with van der Waals surface area (Å²) in [7, 11) is 0. The van der Waals surface area contributed by atoms with Gasteiger partial charge in [-0.05, 0) is 36.6 Å². The molecule has 0 spiro atoms. The molecule has 1 aromatic carbocycles. The highest BCUT2D eigenvalue weighted by molar-refractivity contribution is 9.10. The average molecular weight is 563 g/mol. The van der Waals surface area contributed by atoms with Crippen molar-refractivity contribution in [1.82, 2.24) is 14.4 Å². The molecule has 2 amide bonds. The number of fused-ring (bicyclic) bond motifs is 1. The van der Waals surface area contributed by atoms with E-state index in [-0.39, 0.29) is 18.4 Å². The van der Waals surface area contributed by atoms with Crippen molar-refractivity contribution in [3.63, 3.8) is 0 Å². The van der Waals surface area contributed by atoms with Crippen molar-refractivity contribution in [3.05, 3.63) is 39.3 Å². The number of halogens is 1.